The van der Waals surface area contributed by atoms with E-state index in [1.807, 2.05) is 29.8 Å². The maximum Gasteiger partial charge on any atom is 0.166 e. The summed E-state index contributed by atoms with van der Waals surface area (Å²) in [5.74, 6) is 0. The Bertz CT molecular complexity index is 692. The Hall–Kier alpha value is -1.92. The molecule has 26 heavy (non-hydrogen) atoms. The molecule has 0 atom stereocenters. The minimum Gasteiger partial charge on any atom is -0.363 e. The Morgan fingerprint density at radius 3 is 2.46 bits per heavy atom. The van der Waals surface area contributed by atoms with Crippen molar-refractivity contribution in [3.05, 3.63) is 47.3 Å². The highest BCUT2D eigenvalue weighted by Gasteiger charge is 2.12. The largest absolute Gasteiger partial charge is 0.363 e. The average molecular weight is 374 g/mol. The number of nitrogens with zero attached hydrogens (tertiary/aromatic N) is 3. The van der Waals surface area contributed by atoms with Gasteiger partial charge in [0, 0.05) is 24.3 Å². The second-order valence-corrected chi connectivity index (χ2v) is 6.79. The van der Waals surface area contributed by atoms with Crippen molar-refractivity contribution in [3.8, 4) is 5.69 Å². The number of para-hydroxylation sites is 1. The van der Waals surface area contributed by atoms with Crippen molar-refractivity contribution in [3.63, 3.8) is 0 Å². The van der Waals surface area contributed by atoms with Crippen LogP contribution in [0.4, 0.5) is 0 Å². The molecule has 2 N–H and O–H groups in total. The van der Waals surface area contributed by atoms with Crippen LogP contribution in [0, 0.1) is 13.8 Å². The molecule has 0 amide bonds. The standard InChI is InChI=1S/C20H31N5S/c1-5-24(6-2)14-10-13-21-20(26)22-15-19-16(3)23-25(17(19)4)18-11-8-7-9-12-18/h7-9,11-12H,5-6,10,13-15H2,1-4H3,(H2,21,22,26). The van der Waals surface area contributed by atoms with Crippen LogP contribution in [0.3, 0.4) is 0 Å². The monoisotopic (exact) mass is 373 g/mol. The second-order valence-electron chi connectivity index (χ2n) is 6.39. The number of hydrogen-bond acceptors (Lipinski definition) is 3. The van der Waals surface area contributed by atoms with Gasteiger partial charge in [0.15, 0.2) is 5.11 Å². The SMILES string of the molecule is CCN(CC)CCCNC(=S)NCc1c(C)nn(-c2ccccc2)c1C. The van der Waals surface area contributed by atoms with Crippen molar-refractivity contribution in [2.75, 3.05) is 26.2 Å². The van der Waals surface area contributed by atoms with E-state index < -0.39 is 0 Å². The molecule has 0 saturated heterocycles. The molecule has 5 nitrogen and oxygen atoms in total. The van der Waals surface area contributed by atoms with Gasteiger partial charge in [-0.2, -0.15) is 5.10 Å². The second kappa shape index (κ2) is 10.3. The highest BCUT2D eigenvalue weighted by atomic mass is 32.1. The smallest absolute Gasteiger partial charge is 0.166 e. The topological polar surface area (TPSA) is 45.1 Å². The van der Waals surface area contributed by atoms with Crippen molar-refractivity contribution in [2.24, 2.45) is 0 Å². The van der Waals surface area contributed by atoms with Crippen molar-refractivity contribution in [1.82, 2.24) is 25.3 Å². The molecule has 0 saturated carbocycles. The number of benzene rings is 1. The quantitative estimate of drug-likeness (QED) is 0.522. The molecule has 1 aromatic carbocycles. The number of thiocarbonyl (C=S) groups is 1. The van der Waals surface area contributed by atoms with Gasteiger partial charge in [0.2, 0.25) is 0 Å². The molecule has 0 fully saturated rings. The zero-order valence-electron chi connectivity index (χ0n) is 16.4. The van der Waals surface area contributed by atoms with Crippen LogP contribution in [-0.4, -0.2) is 46.0 Å². The third kappa shape index (κ3) is 5.54. The normalized spacial score (nSPS) is 11.0. The molecule has 2 rings (SSSR count). The molecule has 0 aliphatic carbocycles. The van der Waals surface area contributed by atoms with E-state index in [2.05, 4.69) is 53.5 Å². The van der Waals surface area contributed by atoms with E-state index in [-0.39, 0.29) is 0 Å². The van der Waals surface area contributed by atoms with Gasteiger partial charge >= 0.3 is 0 Å². The molecule has 6 heteroatoms. The molecule has 1 heterocycles. The van der Waals surface area contributed by atoms with Crippen LogP contribution in [0.2, 0.25) is 0 Å². The zero-order valence-corrected chi connectivity index (χ0v) is 17.2. The number of nitrogens with one attached hydrogen (secondary N) is 2. The van der Waals surface area contributed by atoms with Gasteiger partial charge in [-0.05, 0) is 64.3 Å². The summed E-state index contributed by atoms with van der Waals surface area (Å²) >= 11 is 5.41. The fourth-order valence-electron chi connectivity index (χ4n) is 3.03. The van der Waals surface area contributed by atoms with E-state index in [1.165, 1.54) is 5.56 Å². The third-order valence-corrected chi connectivity index (χ3v) is 4.99. The summed E-state index contributed by atoms with van der Waals surface area (Å²) in [6.45, 7) is 13.4. The minimum absolute atomic E-state index is 0.687. The summed E-state index contributed by atoms with van der Waals surface area (Å²) < 4.78 is 1.99. The van der Waals surface area contributed by atoms with Crippen LogP contribution in [0.25, 0.3) is 5.69 Å². The molecule has 0 aliphatic rings. The summed E-state index contributed by atoms with van der Waals surface area (Å²) in [6, 6.07) is 10.2. The maximum absolute atomic E-state index is 5.41. The first kappa shape index (κ1) is 20.4. The molecule has 2 aromatic rings. The van der Waals surface area contributed by atoms with E-state index in [1.54, 1.807) is 0 Å². The van der Waals surface area contributed by atoms with Crippen molar-refractivity contribution in [2.45, 2.75) is 40.7 Å². The summed E-state index contributed by atoms with van der Waals surface area (Å²) in [7, 11) is 0. The fraction of sp³-hybridized carbons (Fsp3) is 0.500. The molecule has 0 spiro atoms. The summed E-state index contributed by atoms with van der Waals surface area (Å²) in [4.78, 5) is 2.42. The Morgan fingerprint density at radius 1 is 1.12 bits per heavy atom. The zero-order chi connectivity index (χ0) is 18.9. The van der Waals surface area contributed by atoms with Gasteiger partial charge in [-0.1, -0.05) is 32.0 Å². The van der Waals surface area contributed by atoms with E-state index in [0.717, 1.165) is 49.7 Å². The van der Waals surface area contributed by atoms with Gasteiger partial charge in [0.05, 0.1) is 11.4 Å². The molecule has 0 bridgehead atoms. The van der Waals surface area contributed by atoms with Crippen molar-refractivity contribution < 1.29 is 0 Å². The Kier molecular flexibility index (Phi) is 8.06. The molecule has 142 valence electrons. The average Bonchev–Trinajstić information content (AvgIpc) is 2.95. The van der Waals surface area contributed by atoms with Gasteiger partial charge in [-0.15, -0.1) is 0 Å². The first-order valence-electron chi connectivity index (χ1n) is 9.41. The minimum atomic E-state index is 0.687. The number of aromatic nitrogens is 2. The Balaban J connectivity index is 1.84. The number of rotatable bonds is 9. The van der Waals surface area contributed by atoms with Gasteiger partial charge in [-0.3, -0.25) is 0 Å². The first-order valence-corrected chi connectivity index (χ1v) is 9.82. The van der Waals surface area contributed by atoms with Crippen LogP contribution in [-0.2, 0) is 6.54 Å². The molecule has 0 radical (unpaired) electrons. The third-order valence-electron chi connectivity index (χ3n) is 4.70. The van der Waals surface area contributed by atoms with Crippen LogP contribution in [0.1, 0.15) is 37.2 Å². The highest BCUT2D eigenvalue weighted by Crippen LogP contribution is 2.17. The predicted molar refractivity (Wildman–Crippen MR) is 113 cm³/mol. The summed E-state index contributed by atoms with van der Waals surface area (Å²) in [5, 5.41) is 12.0. The number of hydrogen-bond donors (Lipinski definition) is 2. The maximum atomic E-state index is 5.41. The lowest BCUT2D eigenvalue weighted by Crippen LogP contribution is -2.36. The fourth-order valence-corrected chi connectivity index (χ4v) is 3.20. The van der Waals surface area contributed by atoms with Crippen molar-refractivity contribution in [1.29, 1.82) is 0 Å². The molecule has 0 aliphatic heterocycles. The Morgan fingerprint density at radius 2 is 1.81 bits per heavy atom. The summed E-state index contributed by atoms with van der Waals surface area (Å²) in [6.07, 6.45) is 1.09. The predicted octanol–water partition coefficient (Wildman–Crippen LogP) is 3.19. The van der Waals surface area contributed by atoms with Crippen LogP contribution >= 0.6 is 12.2 Å². The van der Waals surface area contributed by atoms with Gasteiger partial charge in [0.1, 0.15) is 0 Å². The Labute approximate surface area is 162 Å². The highest BCUT2D eigenvalue weighted by molar-refractivity contribution is 7.80. The van der Waals surface area contributed by atoms with Crippen LogP contribution in [0.15, 0.2) is 30.3 Å². The van der Waals surface area contributed by atoms with E-state index in [9.17, 15) is 0 Å². The molecular formula is C20H31N5S. The lowest BCUT2D eigenvalue weighted by molar-refractivity contribution is 0.300. The first-order chi connectivity index (χ1) is 12.6. The molecule has 1 aromatic heterocycles. The van der Waals surface area contributed by atoms with Crippen molar-refractivity contribution >= 4 is 17.3 Å². The number of aryl methyl sites for hydroxylation is 1. The van der Waals surface area contributed by atoms with E-state index >= 15 is 0 Å². The lowest BCUT2D eigenvalue weighted by atomic mass is 10.2. The lowest BCUT2D eigenvalue weighted by Gasteiger charge is -2.18. The van der Waals surface area contributed by atoms with E-state index in [4.69, 9.17) is 12.2 Å². The van der Waals surface area contributed by atoms with Crippen LogP contribution < -0.4 is 10.6 Å². The molecule has 0 unspecified atom stereocenters. The van der Waals surface area contributed by atoms with E-state index in [0.29, 0.717) is 11.7 Å². The van der Waals surface area contributed by atoms with Crippen LogP contribution in [0.5, 0.6) is 0 Å². The molecular weight excluding hydrogens is 342 g/mol. The van der Waals surface area contributed by atoms with Gasteiger partial charge < -0.3 is 15.5 Å². The summed E-state index contributed by atoms with van der Waals surface area (Å²) in [5.41, 5.74) is 4.45. The van der Waals surface area contributed by atoms with Gasteiger partial charge in [-0.25, -0.2) is 4.68 Å². The van der Waals surface area contributed by atoms with Gasteiger partial charge in [0.25, 0.3) is 0 Å².